The maximum atomic E-state index is 12.8. The van der Waals surface area contributed by atoms with Crippen molar-refractivity contribution >= 4 is 35.9 Å². The molecule has 15 heteroatoms. The molecule has 0 aliphatic carbocycles. The van der Waals surface area contributed by atoms with Gasteiger partial charge in [-0.25, -0.2) is 9.59 Å². The number of carboxylic acids is 1. The molecule has 2 rings (SSSR count). The molecule has 1 aliphatic rings. The molecule has 1 aliphatic heterocycles. The summed E-state index contributed by atoms with van der Waals surface area (Å²) in [6.07, 6.45) is -8.79. The molecule has 0 unspecified atom stereocenters. The highest BCUT2D eigenvalue weighted by Crippen LogP contribution is 2.34. The van der Waals surface area contributed by atoms with Crippen molar-refractivity contribution in [2.75, 3.05) is 6.61 Å². The van der Waals surface area contributed by atoms with Gasteiger partial charge in [-0.1, -0.05) is 30.3 Å². The second-order valence-corrected chi connectivity index (χ2v) is 8.78. The van der Waals surface area contributed by atoms with E-state index in [0.717, 1.165) is 27.7 Å². The van der Waals surface area contributed by atoms with E-state index in [0.29, 0.717) is 5.56 Å². The largest absolute Gasteiger partial charge is 0.477 e. The predicted molar refractivity (Wildman–Crippen MR) is 129 cm³/mol. The van der Waals surface area contributed by atoms with Gasteiger partial charge < -0.3 is 44.0 Å². The van der Waals surface area contributed by atoms with Gasteiger partial charge in [0.25, 0.3) is 5.79 Å². The quantitative estimate of drug-likeness (QED) is 0.240. The Hall–Kier alpha value is -4.24. The number of amides is 1. The number of hydrogen-bond donors (Lipinski definition) is 3. The first-order valence-corrected chi connectivity index (χ1v) is 12.0. The van der Waals surface area contributed by atoms with Crippen molar-refractivity contribution in [1.29, 1.82) is 0 Å². The zero-order valence-corrected chi connectivity index (χ0v) is 22.2. The van der Waals surface area contributed by atoms with E-state index in [1.54, 1.807) is 30.3 Å². The Balaban J connectivity index is 2.53. The summed E-state index contributed by atoms with van der Waals surface area (Å²) in [5, 5.41) is 22.9. The van der Waals surface area contributed by atoms with Crippen LogP contribution < -0.4 is 5.32 Å². The van der Waals surface area contributed by atoms with Crippen LogP contribution in [0.3, 0.4) is 0 Å². The number of ether oxygens (including phenoxy) is 6. The van der Waals surface area contributed by atoms with Crippen LogP contribution in [0.25, 0.3) is 0 Å². The van der Waals surface area contributed by atoms with E-state index in [1.165, 1.54) is 0 Å². The average molecular weight is 570 g/mol. The average Bonchev–Trinajstić information content (AvgIpc) is 2.85. The molecule has 220 valence electrons. The van der Waals surface area contributed by atoms with Gasteiger partial charge in [0.05, 0.1) is 12.5 Å². The monoisotopic (exact) mass is 569 g/mol. The van der Waals surface area contributed by atoms with Crippen LogP contribution >= 0.6 is 0 Å². The van der Waals surface area contributed by atoms with E-state index in [1.807, 2.05) is 0 Å². The zero-order chi connectivity index (χ0) is 30.0. The summed E-state index contributed by atoms with van der Waals surface area (Å²) in [7, 11) is 0. The maximum Gasteiger partial charge on any atom is 0.407 e. The third-order valence-corrected chi connectivity index (χ3v) is 5.47. The summed E-state index contributed by atoms with van der Waals surface area (Å²) in [6.45, 7) is 3.14. The number of aliphatic carboxylic acids is 1. The Morgan fingerprint density at radius 1 is 0.950 bits per heavy atom. The molecule has 1 aromatic carbocycles. The molecular formula is C25H31NO14. The van der Waals surface area contributed by atoms with E-state index in [9.17, 15) is 39.0 Å². The van der Waals surface area contributed by atoms with E-state index < -0.39 is 85.2 Å². The normalized spacial score (nSPS) is 23.5. The van der Waals surface area contributed by atoms with Crippen LogP contribution in [0.5, 0.6) is 0 Å². The fourth-order valence-corrected chi connectivity index (χ4v) is 3.93. The zero-order valence-electron chi connectivity index (χ0n) is 22.2. The number of aliphatic hydroxyl groups is 1. The number of benzene rings is 1. The molecular weight excluding hydrogens is 538 g/mol. The number of carboxylic acid groups (broad SMARTS) is 1. The first-order valence-electron chi connectivity index (χ1n) is 12.0. The SMILES string of the molecule is CC(=O)OC[C@@H](OC(C)=O)[C@@H](OC(C)=O)[C@@H]1O[C@@](O)(C(=O)O)C[C@H](OC(C)=O)[C@H]1NC(=O)OCc1ccccc1. The fraction of sp³-hybridized carbons (Fsp3) is 0.520. The minimum Gasteiger partial charge on any atom is -0.477 e. The predicted octanol–water partition coefficient (Wildman–Crippen LogP) is 0.202. The Bertz CT molecular complexity index is 1090. The van der Waals surface area contributed by atoms with Crippen LogP contribution in [0.2, 0.25) is 0 Å². The summed E-state index contributed by atoms with van der Waals surface area (Å²) in [5.41, 5.74) is 0.625. The molecule has 40 heavy (non-hydrogen) atoms. The summed E-state index contributed by atoms with van der Waals surface area (Å²) in [5.74, 6) is -8.53. The molecule has 0 radical (unpaired) electrons. The first kappa shape index (κ1) is 32.0. The lowest BCUT2D eigenvalue weighted by Crippen LogP contribution is -2.68. The van der Waals surface area contributed by atoms with Gasteiger partial charge in [-0.15, -0.1) is 0 Å². The standard InChI is InChI=1S/C25H31NO14/c1-13(27)35-12-19(38-15(3)29)21(39-16(4)30)22-20(26-24(33)36-11-17-8-6-5-7-9-17)18(37-14(2)28)10-25(34,40-22)23(31)32/h5-9,18-22,34H,10-12H2,1-4H3,(H,26,33)(H,31,32)/t18-,19+,20+,21+,22+,25+/m0/s1. The molecule has 1 saturated heterocycles. The van der Waals surface area contributed by atoms with Gasteiger partial charge in [-0.2, -0.15) is 0 Å². The lowest BCUT2D eigenvalue weighted by Gasteiger charge is -2.46. The van der Waals surface area contributed by atoms with E-state index in [2.05, 4.69) is 5.32 Å². The van der Waals surface area contributed by atoms with Gasteiger partial charge >= 0.3 is 35.9 Å². The molecule has 0 saturated carbocycles. The van der Waals surface area contributed by atoms with Crippen molar-refractivity contribution in [2.45, 2.75) is 77.0 Å². The summed E-state index contributed by atoms with van der Waals surface area (Å²) in [6, 6.07) is 7.02. The van der Waals surface area contributed by atoms with Crippen LogP contribution in [0.4, 0.5) is 4.79 Å². The van der Waals surface area contributed by atoms with Crippen molar-refractivity contribution < 1.29 is 67.4 Å². The molecule has 6 atom stereocenters. The Kier molecular flexibility index (Phi) is 11.4. The van der Waals surface area contributed by atoms with Gasteiger partial charge in [0.2, 0.25) is 0 Å². The van der Waals surface area contributed by atoms with Crippen LogP contribution in [-0.2, 0) is 59.0 Å². The van der Waals surface area contributed by atoms with Gasteiger partial charge in [-0.05, 0) is 5.56 Å². The van der Waals surface area contributed by atoms with E-state index in [4.69, 9.17) is 28.4 Å². The smallest absolute Gasteiger partial charge is 0.407 e. The molecule has 15 nitrogen and oxygen atoms in total. The lowest BCUT2D eigenvalue weighted by atomic mass is 9.88. The van der Waals surface area contributed by atoms with Crippen LogP contribution in [0.1, 0.15) is 39.7 Å². The van der Waals surface area contributed by atoms with Crippen molar-refractivity contribution in [3.63, 3.8) is 0 Å². The number of carbonyl (C=O) groups excluding carboxylic acids is 5. The van der Waals surface area contributed by atoms with Crippen LogP contribution in [0, 0.1) is 0 Å². The Morgan fingerprint density at radius 2 is 1.57 bits per heavy atom. The molecule has 1 aromatic rings. The van der Waals surface area contributed by atoms with Gasteiger partial charge in [-0.3, -0.25) is 19.2 Å². The van der Waals surface area contributed by atoms with Crippen LogP contribution in [-0.4, -0.2) is 89.0 Å². The summed E-state index contributed by atoms with van der Waals surface area (Å²) in [4.78, 5) is 72.0. The molecule has 1 amide bonds. The lowest BCUT2D eigenvalue weighted by molar-refractivity contribution is -0.298. The van der Waals surface area contributed by atoms with E-state index in [-0.39, 0.29) is 6.61 Å². The minimum atomic E-state index is -3.02. The molecule has 3 N–H and O–H groups in total. The highest BCUT2D eigenvalue weighted by molar-refractivity contribution is 5.76. The number of alkyl carbamates (subject to hydrolysis) is 1. The minimum absolute atomic E-state index is 0.182. The van der Waals surface area contributed by atoms with Crippen molar-refractivity contribution in [3.8, 4) is 0 Å². The third-order valence-electron chi connectivity index (χ3n) is 5.47. The second-order valence-electron chi connectivity index (χ2n) is 8.78. The molecule has 1 heterocycles. The first-order chi connectivity index (χ1) is 18.7. The van der Waals surface area contributed by atoms with Gasteiger partial charge in [0.1, 0.15) is 25.4 Å². The molecule has 0 bridgehead atoms. The Morgan fingerprint density at radius 3 is 2.10 bits per heavy atom. The number of rotatable bonds is 11. The second kappa shape index (κ2) is 14.2. The fourth-order valence-electron chi connectivity index (χ4n) is 3.93. The summed E-state index contributed by atoms with van der Waals surface area (Å²) >= 11 is 0. The van der Waals surface area contributed by atoms with Gasteiger partial charge in [0.15, 0.2) is 12.2 Å². The third kappa shape index (κ3) is 9.50. The number of nitrogens with one attached hydrogen (secondary N) is 1. The van der Waals surface area contributed by atoms with E-state index >= 15 is 0 Å². The topological polar surface area (TPSA) is 210 Å². The van der Waals surface area contributed by atoms with Crippen molar-refractivity contribution in [1.82, 2.24) is 5.32 Å². The highest BCUT2D eigenvalue weighted by atomic mass is 16.7. The number of carbonyl (C=O) groups is 6. The van der Waals surface area contributed by atoms with Crippen molar-refractivity contribution in [3.05, 3.63) is 35.9 Å². The molecule has 1 fully saturated rings. The van der Waals surface area contributed by atoms with Crippen molar-refractivity contribution in [2.24, 2.45) is 0 Å². The molecule has 0 spiro atoms. The number of esters is 4. The maximum absolute atomic E-state index is 12.8. The van der Waals surface area contributed by atoms with Gasteiger partial charge in [0, 0.05) is 27.7 Å². The molecule has 0 aromatic heterocycles. The Labute approximate surface area is 228 Å². The summed E-state index contributed by atoms with van der Waals surface area (Å²) < 4.78 is 31.2. The number of hydrogen-bond acceptors (Lipinski definition) is 13. The highest BCUT2D eigenvalue weighted by Gasteiger charge is 2.57. The van der Waals surface area contributed by atoms with Crippen LogP contribution in [0.15, 0.2) is 30.3 Å².